The zero-order valence-corrected chi connectivity index (χ0v) is 13.4. The molecule has 3 rings (SSSR count). The van der Waals surface area contributed by atoms with Crippen LogP contribution in [0.5, 0.6) is 0 Å². The summed E-state index contributed by atoms with van der Waals surface area (Å²) in [6.07, 6.45) is 14.5. The first-order chi connectivity index (χ1) is 9.83. The summed E-state index contributed by atoms with van der Waals surface area (Å²) in [7, 11) is 0. The van der Waals surface area contributed by atoms with Crippen molar-refractivity contribution >= 4 is 0 Å². The van der Waals surface area contributed by atoms with Crippen LogP contribution in [0.25, 0.3) is 0 Å². The van der Waals surface area contributed by atoms with Crippen LogP contribution >= 0.6 is 0 Å². The summed E-state index contributed by atoms with van der Waals surface area (Å²) in [4.78, 5) is 0. The highest BCUT2D eigenvalue weighted by Gasteiger charge is 2.34. The van der Waals surface area contributed by atoms with E-state index in [-0.39, 0.29) is 0 Å². The Bertz CT molecular complexity index is 285. The first-order valence-corrected chi connectivity index (χ1v) is 9.29. The SMILES string of the molecule is CC1CCCC(CCNC2CCCC2C2CCCN2)C1. The van der Waals surface area contributed by atoms with Gasteiger partial charge in [0.05, 0.1) is 0 Å². The first-order valence-electron chi connectivity index (χ1n) is 9.29. The molecule has 116 valence electrons. The Morgan fingerprint density at radius 2 is 1.90 bits per heavy atom. The number of hydrogen-bond acceptors (Lipinski definition) is 2. The molecule has 0 amide bonds. The van der Waals surface area contributed by atoms with E-state index in [0.29, 0.717) is 0 Å². The second kappa shape index (κ2) is 7.26. The van der Waals surface area contributed by atoms with Crippen LogP contribution in [0.2, 0.25) is 0 Å². The van der Waals surface area contributed by atoms with E-state index < -0.39 is 0 Å². The van der Waals surface area contributed by atoms with Crippen LogP contribution in [-0.2, 0) is 0 Å². The quantitative estimate of drug-likeness (QED) is 0.801. The maximum Gasteiger partial charge on any atom is 0.0111 e. The van der Waals surface area contributed by atoms with E-state index in [9.17, 15) is 0 Å². The van der Waals surface area contributed by atoms with Crippen LogP contribution in [0.1, 0.15) is 71.1 Å². The summed E-state index contributed by atoms with van der Waals surface area (Å²) >= 11 is 0. The van der Waals surface area contributed by atoms with Crippen molar-refractivity contribution in [3.8, 4) is 0 Å². The largest absolute Gasteiger partial charge is 0.314 e. The second-order valence-electron chi connectivity index (χ2n) is 7.78. The second-order valence-corrected chi connectivity index (χ2v) is 7.78. The third-order valence-corrected chi connectivity index (χ3v) is 6.19. The van der Waals surface area contributed by atoms with Gasteiger partial charge in [0.25, 0.3) is 0 Å². The minimum Gasteiger partial charge on any atom is -0.314 e. The molecule has 0 aromatic heterocycles. The molecular weight excluding hydrogens is 244 g/mol. The minimum atomic E-state index is 0.812. The molecule has 3 aliphatic rings. The van der Waals surface area contributed by atoms with Gasteiger partial charge in [-0.3, -0.25) is 0 Å². The Kier molecular flexibility index (Phi) is 5.39. The van der Waals surface area contributed by atoms with Crippen molar-refractivity contribution in [1.82, 2.24) is 10.6 Å². The van der Waals surface area contributed by atoms with Gasteiger partial charge < -0.3 is 10.6 Å². The monoisotopic (exact) mass is 278 g/mol. The van der Waals surface area contributed by atoms with Crippen molar-refractivity contribution in [1.29, 1.82) is 0 Å². The van der Waals surface area contributed by atoms with Crippen molar-refractivity contribution < 1.29 is 0 Å². The highest BCUT2D eigenvalue weighted by molar-refractivity contribution is 4.93. The van der Waals surface area contributed by atoms with E-state index in [1.807, 2.05) is 0 Å². The Labute approximate surface area is 125 Å². The Hall–Kier alpha value is -0.0800. The third kappa shape index (κ3) is 3.76. The molecule has 2 saturated carbocycles. The Morgan fingerprint density at radius 3 is 2.70 bits per heavy atom. The number of rotatable bonds is 5. The highest BCUT2D eigenvalue weighted by Crippen LogP contribution is 2.33. The average molecular weight is 278 g/mol. The van der Waals surface area contributed by atoms with E-state index in [1.165, 1.54) is 77.3 Å². The predicted octanol–water partition coefficient (Wildman–Crippen LogP) is 3.71. The molecule has 2 N–H and O–H groups in total. The van der Waals surface area contributed by atoms with Gasteiger partial charge in [-0.15, -0.1) is 0 Å². The van der Waals surface area contributed by atoms with Crippen LogP contribution in [0.15, 0.2) is 0 Å². The van der Waals surface area contributed by atoms with E-state index in [4.69, 9.17) is 0 Å². The molecule has 2 nitrogen and oxygen atoms in total. The van der Waals surface area contributed by atoms with Crippen LogP contribution in [0.3, 0.4) is 0 Å². The molecule has 1 aliphatic heterocycles. The summed E-state index contributed by atoms with van der Waals surface area (Å²) in [6.45, 7) is 4.97. The van der Waals surface area contributed by atoms with Gasteiger partial charge in [-0.1, -0.05) is 32.6 Å². The molecule has 0 spiro atoms. The van der Waals surface area contributed by atoms with Crippen molar-refractivity contribution in [2.24, 2.45) is 17.8 Å². The van der Waals surface area contributed by atoms with E-state index >= 15 is 0 Å². The van der Waals surface area contributed by atoms with Gasteiger partial charge in [-0.2, -0.15) is 0 Å². The Morgan fingerprint density at radius 1 is 1.00 bits per heavy atom. The smallest absolute Gasteiger partial charge is 0.0111 e. The number of nitrogens with one attached hydrogen (secondary N) is 2. The van der Waals surface area contributed by atoms with Gasteiger partial charge in [0.1, 0.15) is 0 Å². The lowest BCUT2D eigenvalue weighted by Gasteiger charge is -2.29. The summed E-state index contributed by atoms with van der Waals surface area (Å²) in [5, 5.41) is 7.66. The lowest BCUT2D eigenvalue weighted by Crippen LogP contribution is -2.42. The molecule has 1 heterocycles. The van der Waals surface area contributed by atoms with Gasteiger partial charge in [-0.25, -0.2) is 0 Å². The van der Waals surface area contributed by atoms with E-state index in [1.54, 1.807) is 0 Å². The van der Waals surface area contributed by atoms with E-state index in [0.717, 1.165) is 29.8 Å². The molecule has 2 heteroatoms. The zero-order valence-electron chi connectivity index (χ0n) is 13.4. The lowest BCUT2D eigenvalue weighted by molar-refractivity contribution is 0.256. The molecule has 0 radical (unpaired) electrons. The first kappa shape index (κ1) is 14.8. The molecule has 5 atom stereocenters. The van der Waals surface area contributed by atoms with E-state index in [2.05, 4.69) is 17.6 Å². The predicted molar refractivity (Wildman–Crippen MR) is 85.9 cm³/mol. The summed E-state index contributed by atoms with van der Waals surface area (Å²) < 4.78 is 0. The summed E-state index contributed by atoms with van der Waals surface area (Å²) in [5.74, 6) is 2.91. The third-order valence-electron chi connectivity index (χ3n) is 6.19. The van der Waals surface area contributed by atoms with Gasteiger partial charge in [0.2, 0.25) is 0 Å². The van der Waals surface area contributed by atoms with Crippen LogP contribution in [-0.4, -0.2) is 25.2 Å². The summed E-state index contributed by atoms with van der Waals surface area (Å²) in [6, 6.07) is 1.64. The molecule has 5 unspecified atom stereocenters. The van der Waals surface area contributed by atoms with Gasteiger partial charge in [-0.05, 0) is 69.4 Å². The molecule has 1 saturated heterocycles. The van der Waals surface area contributed by atoms with Gasteiger partial charge in [0, 0.05) is 12.1 Å². The maximum absolute atomic E-state index is 3.93. The summed E-state index contributed by atoms with van der Waals surface area (Å²) in [5.41, 5.74) is 0. The fourth-order valence-electron chi connectivity index (χ4n) is 5.10. The van der Waals surface area contributed by atoms with Crippen molar-refractivity contribution in [3.63, 3.8) is 0 Å². The fraction of sp³-hybridized carbons (Fsp3) is 1.00. The fourth-order valence-corrected chi connectivity index (χ4v) is 5.10. The molecular formula is C18H34N2. The van der Waals surface area contributed by atoms with Crippen molar-refractivity contribution in [2.45, 2.75) is 83.2 Å². The van der Waals surface area contributed by atoms with Crippen molar-refractivity contribution in [2.75, 3.05) is 13.1 Å². The highest BCUT2D eigenvalue weighted by atomic mass is 15.0. The Balaban J connectivity index is 1.38. The van der Waals surface area contributed by atoms with Gasteiger partial charge >= 0.3 is 0 Å². The lowest BCUT2D eigenvalue weighted by atomic mass is 9.81. The average Bonchev–Trinajstić information content (AvgIpc) is 3.09. The van der Waals surface area contributed by atoms with Crippen LogP contribution in [0, 0.1) is 17.8 Å². The number of hydrogen-bond donors (Lipinski definition) is 2. The normalized spacial score (nSPS) is 42.1. The molecule has 0 aromatic rings. The standard InChI is InChI=1S/C18H34N2/c1-14-5-2-6-15(13-14)10-12-20-17-8-3-7-16(17)18-9-4-11-19-18/h14-20H,2-13H2,1H3. The molecule has 2 aliphatic carbocycles. The molecule has 20 heavy (non-hydrogen) atoms. The maximum atomic E-state index is 3.93. The molecule has 3 fully saturated rings. The minimum absolute atomic E-state index is 0.812. The molecule has 0 bridgehead atoms. The van der Waals surface area contributed by atoms with Crippen LogP contribution < -0.4 is 10.6 Å². The van der Waals surface area contributed by atoms with Crippen molar-refractivity contribution in [3.05, 3.63) is 0 Å². The molecule has 0 aromatic carbocycles. The topological polar surface area (TPSA) is 24.1 Å². The van der Waals surface area contributed by atoms with Crippen LogP contribution in [0.4, 0.5) is 0 Å². The zero-order chi connectivity index (χ0) is 13.8. The van der Waals surface area contributed by atoms with Gasteiger partial charge in [0.15, 0.2) is 0 Å².